The number of aromatic nitrogens is 1. The topological polar surface area (TPSA) is 121 Å². The van der Waals surface area contributed by atoms with Gasteiger partial charge in [0.1, 0.15) is 22.0 Å². The van der Waals surface area contributed by atoms with E-state index in [0.29, 0.717) is 55.6 Å². The Kier molecular flexibility index (Phi) is 13.2. The Bertz CT molecular complexity index is 2510. The summed E-state index contributed by atoms with van der Waals surface area (Å²) in [6, 6.07) is 19.3. The van der Waals surface area contributed by atoms with E-state index in [4.69, 9.17) is 21.1 Å². The molecule has 0 bridgehead atoms. The number of carbonyl (C=O) groups excluding carboxylic acids is 1. The summed E-state index contributed by atoms with van der Waals surface area (Å²) in [6.07, 6.45) is 3.62. The van der Waals surface area contributed by atoms with Crippen molar-refractivity contribution in [3.8, 4) is 17.4 Å². The van der Waals surface area contributed by atoms with E-state index in [1.807, 2.05) is 35.1 Å². The maximum Gasteiger partial charge on any atom is 0.421 e. The Morgan fingerprint density at radius 3 is 2.39 bits per heavy atom. The Morgan fingerprint density at radius 1 is 0.938 bits per heavy atom. The van der Waals surface area contributed by atoms with Gasteiger partial charge in [-0.1, -0.05) is 55.3 Å². The zero-order valence-electron chi connectivity index (χ0n) is 36.6. The minimum atomic E-state index is -5.00. The molecule has 0 atom stereocenters. The molecule has 0 spiro atoms. The van der Waals surface area contributed by atoms with E-state index in [2.05, 4.69) is 40.8 Å². The number of hydrogen-bond acceptors (Lipinski definition) is 9. The summed E-state index contributed by atoms with van der Waals surface area (Å²) >= 11 is 6.24. The summed E-state index contributed by atoms with van der Waals surface area (Å²) in [5.74, 6) is -1.24. The van der Waals surface area contributed by atoms with Crippen molar-refractivity contribution in [2.75, 3.05) is 44.2 Å². The number of nitrogens with zero attached hydrogens (tertiary/aromatic N) is 3. The SMILES string of the molecule is CC1(C)CCC(CN2CCN(c3ccc(C(=O)NS(=O)(=O)c4cnc(OC[C@H]5CC[C@@](C)(O)CC5)c(C(F)(F)F)c4)c(Oc4cccc5c4CCC5)c3)CC2)=C(c2ccc(Cl)cc2)C1. The van der Waals surface area contributed by atoms with E-state index in [0.717, 1.165) is 81.2 Å². The Hall–Kier alpha value is -4.63. The molecule has 8 rings (SSSR count). The molecule has 3 aliphatic carbocycles. The van der Waals surface area contributed by atoms with Gasteiger partial charge in [0.2, 0.25) is 5.88 Å². The second kappa shape index (κ2) is 18.3. The predicted molar refractivity (Wildman–Crippen MR) is 242 cm³/mol. The van der Waals surface area contributed by atoms with Gasteiger partial charge in [0, 0.05) is 49.5 Å². The smallest absolute Gasteiger partial charge is 0.421 e. The number of alkyl halides is 3. The third kappa shape index (κ3) is 10.7. The number of aliphatic hydroxyl groups is 1. The molecular weight excluding hydrogens is 865 g/mol. The van der Waals surface area contributed by atoms with Gasteiger partial charge >= 0.3 is 6.18 Å². The largest absolute Gasteiger partial charge is 0.477 e. The van der Waals surface area contributed by atoms with Crippen molar-refractivity contribution >= 4 is 38.8 Å². The van der Waals surface area contributed by atoms with Gasteiger partial charge in [-0.3, -0.25) is 9.69 Å². The van der Waals surface area contributed by atoms with Gasteiger partial charge in [-0.15, -0.1) is 0 Å². The van der Waals surface area contributed by atoms with Crippen molar-refractivity contribution in [3.05, 3.63) is 111 Å². The number of allylic oxidation sites excluding steroid dienone is 1. The van der Waals surface area contributed by atoms with Crippen LogP contribution in [0.1, 0.15) is 105 Å². The van der Waals surface area contributed by atoms with E-state index >= 15 is 0 Å². The average Bonchev–Trinajstić information content (AvgIpc) is 3.74. The van der Waals surface area contributed by atoms with Gasteiger partial charge in [0.05, 0.1) is 24.0 Å². The number of pyridine rings is 1. The summed E-state index contributed by atoms with van der Waals surface area (Å²) in [7, 11) is -4.86. The van der Waals surface area contributed by atoms with Gasteiger partial charge in [-0.05, 0) is 141 Å². The van der Waals surface area contributed by atoms with E-state index in [1.165, 1.54) is 22.8 Å². The van der Waals surface area contributed by atoms with Crippen LogP contribution >= 0.6 is 11.6 Å². The molecule has 3 aromatic carbocycles. The first-order valence-corrected chi connectivity index (χ1v) is 24.1. The van der Waals surface area contributed by atoms with Crippen LogP contribution in [0.2, 0.25) is 5.02 Å². The van der Waals surface area contributed by atoms with Crippen molar-refractivity contribution < 1.29 is 41.0 Å². The van der Waals surface area contributed by atoms with Crippen molar-refractivity contribution in [3.63, 3.8) is 0 Å². The summed E-state index contributed by atoms with van der Waals surface area (Å²) in [6.45, 7) is 10.2. The molecule has 2 fully saturated rings. The normalized spacial score (nSPS) is 21.7. The molecular formula is C49H56ClF3N4O6S. The van der Waals surface area contributed by atoms with Crippen LogP contribution in [0.25, 0.3) is 5.57 Å². The fourth-order valence-corrected chi connectivity index (χ4v) is 10.5. The van der Waals surface area contributed by atoms with Gasteiger partial charge in [-0.2, -0.15) is 13.2 Å². The minimum absolute atomic E-state index is 0.0725. The number of aryl methyl sites for hydroxylation is 1. The molecule has 0 radical (unpaired) electrons. The first kappa shape index (κ1) is 45.9. The lowest BCUT2D eigenvalue weighted by Gasteiger charge is -2.39. The molecule has 10 nitrogen and oxygen atoms in total. The Morgan fingerprint density at radius 2 is 1.67 bits per heavy atom. The molecule has 342 valence electrons. The average molecular weight is 922 g/mol. The van der Waals surface area contributed by atoms with Gasteiger partial charge in [0.25, 0.3) is 15.9 Å². The number of nitrogens with one attached hydrogen (secondary N) is 1. The van der Waals surface area contributed by atoms with Crippen LogP contribution in [-0.2, 0) is 29.0 Å². The second-order valence-corrected chi connectivity index (χ2v) is 21.0. The van der Waals surface area contributed by atoms with Crippen LogP contribution < -0.4 is 19.1 Å². The molecule has 1 aliphatic heterocycles. The molecule has 64 heavy (non-hydrogen) atoms. The highest BCUT2D eigenvalue weighted by molar-refractivity contribution is 7.90. The van der Waals surface area contributed by atoms with Crippen LogP contribution in [0.4, 0.5) is 18.9 Å². The van der Waals surface area contributed by atoms with Crippen LogP contribution in [0.15, 0.2) is 83.4 Å². The number of fused-ring (bicyclic) bond motifs is 1. The Labute approximate surface area is 378 Å². The standard InChI is InChI=1S/C49H56ClF3N4O6S/c1-47(2)19-18-35(41(28-47)34-10-12-36(50)13-11-34)30-56-22-24-57(25-23-56)37-14-15-40(44(26-37)63-43-9-5-7-33-6-4-8-39(33)43)45(58)55-64(60,61)38-27-42(49(51,52)53)46(54-29-38)62-31-32-16-20-48(3,59)21-17-32/h5,7,9-15,26-27,29,32,59H,4,6,8,16-25,28,30-31H2,1-3H3,(H,55,58)/t32-,48+. The predicted octanol–water partition coefficient (Wildman–Crippen LogP) is 10.3. The minimum Gasteiger partial charge on any atom is -0.477 e. The van der Waals surface area contributed by atoms with Crippen molar-refractivity contribution in [2.24, 2.45) is 11.3 Å². The lowest BCUT2D eigenvalue weighted by Crippen LogP contribution is -2.47. The zero-order chi connectivity index (χ0) is 45.4. The summed E-state index contributed by atoms with van der Waals surface area (Å²) in [5.41, 5.74) is 4.91. The molecule has 1 amide bonds. The third-order valence-corrected chi connectivity index (χ3v) is 14.9. The Balaban J connectivity index is 1.00. The lowest BCUT2D eigenvalue weighted by molar-refractivity contribution is -0.139. The highest BCUT2D eigenvalue weighted by Crippen LogP contribution is 2.44. The number of rotatable bonds is 12. The van der Waals surface area contributed by atoms with E-state index in [9.17, 15) is 31.5 Å². The summed E-state index contributed by atoms with van der Waals surface area (Å²) in [5, 5.41) is 11.0. The number of hydrogen-bond donors (Lipinski definition) is 2. The molecule has 2 heterocycles. The van der Waals surface area contributed by atoms with Gasteiger partial charge in [-0.25, -0.2) is 18.1 Å². The molecule has 4 aromatic rings. The van der Waals surface area contributed by atoms with Crippen LogP contribution in [0.3, 0.4) is 0 Å². The van der Waals surface area contributed by atoms with Gasteiger partial charge < -0.3 is 19.5 Å². The van der Waals surface area contributed by atoms with Crippen LogP contribution in [0, 0.1) is 11.3 Å². The van der Waals surface area contributed by atoms with Crippen LogP contribution in [0.5, 0.6) is 17.4 Å². The highest BCUT2D eigenvalue weighted by atomic mass is 35.5. The first-order valence-electron chi connectivity index (χ1n) is 22.2. The fraction of sp³-hybridized carbons (Fsp3) is 0.469. The van der Waals surface area contributed by atoms with Crippen molar-refractivity contribution in [1.29, 1.82) is 0 Å². The number of benzene rings is 3. The fourth-order valence-electron chi connectivity index (χ4n) is 9.47. The number of amides is 1. The maximum atomic E-state index is 14.3. The van der Waals surface area contributed by atoms with Crippen LogP contribution in [-0.4, -0.2) is 74.2 Å². The first-order chi connectivity index (χ1) is 30.3. The number of sulfonamides is 1. The maximum absolute atomic E-state index is 14.3. The van der Waals surface area contributed by atoms with E-state index in [-0.39, 0.29) is 29.3 Å². The molecule has 1 saturated heterocycles. The van der Waals surface area contributed by atoms with E-state index < -0.39 is 44.0 Å². The zero-order valence-corrected chi connectivity index (χ0v) is 38.1. The summed E-state index contributed by atoms with van der Waals surface area (Å²) in [4.78, 5) is 21.6. The molecule has 4 aliphatic rings. The molecule has 0 unspecified atom stereocenters. The number of ether oxygens (including phenoxy) is 2. The monoisotopic (exact) mass is 920 g/mol. The molecule has 1 aromatic heterocycles. The van der Waals surface area contributed by atoms with Crippen molar-refractivity contribution in [2.45, 2.75) is 102 Å². The lowest BCUT2D eigenvalue weighted by atomic mass is 9.72. The van der Waals surface area contributed by atoms with Crippen molar-refractivity contribution in [1.82, 2.24) is 14.6 Å². The quantitative estimate of drug-likeness (QED) is 0.143. The number of anilines is 1. The summed E-state index contributed by atoms with van der Waals surface area (Å²) < 4.78 is 84.3. The van der Waals surface area contributed by atoms with Gasteiger partial charge in [0.15, 0.2) is 0 Å². The van der Waals surface area contributed by atoms with E-state index in [1.54, 1.807) is 19.1 Å². The number of piperazine rings is 1. The third-order valence-electron chi connectivity index (χ3n) is 13.4. The molecule has 1 saturated carbocycles. The second-order valence-electron chi connectivity index (χ2n) is 18.9. The number of carbonyl (C=O) groups is 1. The number of halogens is 4. The molecule has 2 N–H and O–H groups in total. The highest BCUT2D eigenvalue weighted by Gasteiger charge is 2.38. The molecule has 15 heteroatoms.